The summed E-state index contributed by atoms with van der Waals surface area (Å²) in [6.45, 7) is 12.1. The van der Waals surface area contributed by atoms with Gasteiger partial charge < -0.3 is 0 Å². The molecular weight excluding hydrogens is 196 g/mol. The highest BCUT2D eigenvalue weighted by molar-refractivity contribution is 7.91. The molecule has 0 aromatic rings. The topological polar surface area (TPSA) is 34.1 Å². The first-order chi connectivity index (χ1) is 5.91. The van der Waals surface area contributed by atoms with Gasteiger partial charge in [-0.2, -0.15) is 0 Å². The first kappa shape index (κ1) is 13.9. The van der Waals surface area contributed by atoms with Crippen molar-refractivity contribution in [3.05, 3.63) is 0 Å². The minimum atomic E-state index is -2.87. The standard InChI is InChI=1S/C11H24O2S/c1-10(2,3)7-8-14(12,13)9-11(4,5)6/h7-9H2,1-6H3. The lowest BCUT2D eigenvalue weighted by atomic mass is 9.94. The van der Waals surface area contributed by atoms with E-state index in [0.717, 1.165) is 6.42 Å². The van der Waals surface area contributed by atoms with Crippen molar-refractivity contribution in [2.45, 2.75) is 48.0 Å². The predicted octanol–water partition coefficient (Wildman–Crippen LogP) is 2.88. The molecule has 0 aromatic heterocycles. The molecule has 0 amide bonds. The van der Waals surface area contributed by atoms with E-state index in [1.54, 1.807) is 0 Å². The second-order valence-corrected chi connectivity index (χ2v) is 8.65. The van der Waals surface area contributed by atoms with E-state index in [1.165, 1.54) is 0 Å². The van der Waals surface area contributed by atoms with Crippen LogP contribution in [0.5, 0.6) is 0 Å². The highest BCUT2D eigenvalue weighted by atomic mass is 32.2. The Kier molecular flexibility index (Phi) is 4.20. The van der Waals surface area contributed by atoms with Crippen LogP contribution in [0.3, 0.4) is 0 Å². The zero-order valence-electron chi connectivity index (χ0n) is 10.3. The predicted molar refractivity (Wildman–Crippen MR) is 62.2 cm³/mol. The molecule has 0 radical (unpaired) electrons. The number of hydrogen-bond donors (Lipinski definition) is 0. The first-order valence-electron chi connectivity index (χ1n) is 5.12. The maximum Gasteiger partial charge on any atom is 0.150 e. The largest absolute Gasteiger partial charge is 0.229 e. The van der Waals surface area contributed by atoms with Gasteiger partial charge in [0.25, 0.3) is 0 Å². The summed E-state index contributed by atoms with van der Waals surface area (Å²) in [5, 5.41) is 0. The molecule has 0 atom stereocenters. The Morgan fingerprint density at radius 3 is 1.57 bits per heavy atom. The van der Waals surface area contributed by atoms with Crippen molar-refractivity contribution in [2.24, 2.45) is 10.8 Å². The van der Waals surface area contributed by atoms with Gasteiger partial charge in [0.1, 0.15) is 0 Å². The van der Waals surface area contributed by atoms with Gasteiger partial charge in [0.15, 0.2) is 9.84 Å². The molecule has 0 saturated heterocycles. The molecular formula is C11H24O2S. The Labute approximate surface area is 89.0 Å². The van der Waals surface area contributed by atoms with Crippen LogP contribution in [0.2, 0.25) is 0 Å². The molecule has 0 aliphatic heterocycles. The van der Waals surface area contributed by atoms with Crippen LogP contribution < -0.4 is 0 Å². The summed E-state index contributed by atoms with van der Waals surface area (Å²) in [4.78, 5) is 0. The third kappa shape index (κ3) is 8.54. The SMILES string of the molecule is CC(C)(C)CCS(=O)(=O)CC(C)(C)C. The van der Waals surface area contributed by atoms with Gasteiger partial charge in [0, 0.05) is 0 Å². The summed E-state index contributed by atoms with van der Waals surface area (Å²) in [6.07, 6.45) is 0.741. The number of sulfone groups is 1. The van der Waals surface area contributed by atoms with E-state index in [4.69, 9.17) is 0 Å². The van der Waals surface area contributed by atoms with Crippen LogP contribution in [0.15, 0.2) is 0 Å². The lowest BCUT2D eigenvalue weighted by Crippen LogP contribution is -2.25. The highest BCUT2D eigenvalue weighted by Crippen LogP contribution is 2.22. The van der Waals surface area contributed by atoms with Crippen LogP contribution in [-0.2, 0) is 9.84 Å². The van der Waals surface area contributed by atoms with E-state index in [2.05, 4.69) is 20.8 Å². The quantitative estimate of drug-likeness (QED) is 0.733. The Morgan fingerprint density at radius 2 is 1.29 bits per heavy atom. The van der Waals surface area contributed by atoms with Crippen molar-refractivity contribution in [2.75, 3.05) is 11.5 Å². The average molecular weight is 220 g/mol. The van der Waals surface area contributed by atoms with Gasteiger partial charge in [-0.25, -0.2) is 8.42 Å². The minimum Gasteiger partial charge on any atom is -0.229 e. The van der Waals surface area contributed by atoms with Crippen LogP contribution in [0, 0.1) is 10.8 Å². The number of hydrogen-bond acceptors (Lipinski definition) is 2. The molecule has 0 aliphatic carbocycles. The third-order valence-electron chi connectivity index (χ3n) is 1.82. The van der Waals surface area contributed by atoms with Gasteiger partial charge >= 0.3 is 0 Å². The molecule has 0 aliphatic rings. The molecule has 14 heavy (non-hydrogen) atoms. The molecule has 0 N–H and O–H groups in total. The summed E-state index contributed by atoms with van der Waals surface area (Å²) >= 11 is 0. The van der Waals surface area contributed by atoms with Crippen LogP contribution in [0.4, 0.5) is 0 Å². The fraction of sp³-hybridized carbons (Fsp3) is 1.00. The van der Waals surface area contributed by atoms with Crippen LogP contribution in [0.1, 0.15) is 48.0 Å². The van der Waals surface area contributed by atoms with E-state index in [1.807, 2.05) is 20.8 Å². The van der Waals surface area contributed by atoms with Crippen molar-refractivity contribution in [3.8, 4) is 0 Å². The minimum absolute atomic E-state index is 0.102. The molecule has 0 unspecified atom stereocenters. The van der Waals surface area contributed by atoms with Gasteiger partial charge in [-0.1, -0.05) is 41.5 Å². The normalized spacial score (nSPS) is 14.4. The maximum absolute atomic E-state index is 11.7. The van der Waals surface area contributed by atoms with Crippen molar-refractivity contribution in [1.29, 1.82) is 0 Å². The molecule has 0 bridgehead atoms. The Bertz CT molecular complexity index is 263. The fourth-order valence-electron chi connectivity index (χ4n) is 1.19. The summed E-state index contributed by atoms with van der Waals surface area (Å²) in [5.41, 5.74) is -0.0261. The highest BCUT2D eigenvalue weighted by Gasteiger charge is 2.23. The van der Waals surface area contributed by atoms with Crippen LogP contribution >= 0.6 is 0 Å². The van der Waals surface area contributed by atoms with Crippen molar-refractivity contribution in [1.82, 2.24) is 0 Å². The van der Waals surface area contributed by atoms with E-state index < -0.39 is 9.84 Å². The van der Waals surface area contributed by atoms with Crippen LogP contribution in [-0.4, -0.2) is 19.9 Å². The van der Waals surface area contributed by atoms with Gasteiger partial charge in [-0.3, -0.25) is 0 Å². The maximum atomic E-state index is 11.7. The summed E-state index contributed by atoms with van der Waals surface area (Å²) < 4.78 is 23.4. The summed E-state index contributed by atoms with van der Waals surface area (Å²) in [5.74, 6) is 0.601. The zero-order valence-corrected chi connectivity index (χ0v) is 11.2. The van der Waals surface area contributed by atoms with Crippen LogP contribution in [0.25, 0.3) is 0 Å². The zero-order chi connectivity index (χ0) is 11.6. The first-order valence-corrected chi connectivity index (χ1v) is 6.94. The Morgan fingerprint density at radius 1 is 0.857 bits per heavy atom. The Hall–Kier alpha value is -0.0500. The number of rotatable bonds is 3. The van der Waals surface area contributed by atoms with E-state index in [9.17, 15) is 8.42 Å². The molecule has 0 spiro atoms. The van der Waals surface area contributed by atoms with Crippen molar-refractivity contribution >= 4 is 9.84 Å². The van der Waals surface area contributed by atoms with Gasteiger partial charge in [0.2, 0.25) is 0 Å². The summed E-state index contributed by atoms with van der Waals surface area (Å²) in [6, 6.07) is 0. The monoisotopic (exact) mass is 220 g/mol. The molecule has 0 aromatic carbocycles. The second-order valence-electron chi connectivity index (χ2n) is 6.46. The molecule has 86 valence electrons. The lowest BCUT2D eigenvalue weighted by molar-refractivity contribution is 0.394. The second kappa shape index (κ2) is 4.21. The van der Waals surface area contributed by atoms with E-state index >= 15 is 0 Å². The molecule has 3 heteroatoms. The molecule has 0 rings (SSSR count). The van der Waals surface area contributed by atoms with Gasteiger partial charge in [0.05, 0.1) is 11.5 Å². The third-order valence-corrected chi connectivity index (χ3v) is 3.95. The van der Waals surface area contributed by atoms with Gasteiger partial charge in [-0.15, -0.1) is 0 Å². The van der Waals surface area contributed by atoms with Gasteiger partial charge in [-0.05, 0) is 17.3 Å². The van der Waals surface area contributed by atoms with Crippen molar-refractivity contribution < 1.29 is 8.42 Å². The Balaban J connectivity index is 4.25. The lowest BCUT2D eigenvalue weighted by Gasteiger charge is -2.21. The van der Waals surface area contributed by atoms with E-state index in [0.29, 0.717) is 5.75 Å². The fourth-order valence-corrected chi connectivity index (χ4v) is 3.58. The molecule has 0 saturated carbocycles. The molecule has 2 nitrogen and oxygen atoms in total. The van der Waals surface area contributed by atoms with E-state index in [-0.39, 0.29) is 16.6 Å². The van der Waals surface area contributed by atoms with Crippen molar-refractivity contribution in [3.63, 3.8) is 0 Å². The molecule has 0 fully saturated rings. The smallest absolute Gasteiger partial charge is 0.150 e. The summed E-state index contributed by atoms with van der Waals surface area (Å²) in [7, 11) is -2.87. The average Bonchev–Trinajstić information content (AvgIpc) is 1.76. The molecule has 0 heterocycles.